The molecule has 23 heavy (non-hydrogen) atoms. The number of benzene rings is 1. The van der Waals surface area contributed by atoms with Gasteiger partial charge in [-0.1, -0.05) is 12.1 Å². The molecule has 122 valence electrons. The van der Waals surface area contributed by atoms with E-state index in [0.717, 1.165) is 23.9 Å². The van der Waals surface area contributed by atoms with E-state index in [1.807, 2.05) is 24.3 Å². The predicted molar refractivity (Wildman–Crippen MR) is 83.0 cm³/mol. The average Bonchev–Trinajstić information content (AvgIpc) is 3.03. The van der Waals surface area contributed by atoms with Gasteiger partial charge in [-0.05, 0) is 25.0 Å². The number of alkyl carbamates (subject to hydrolysis) is 1. The zero-order valence-corrected chi connectivity index (χ0v) is 12.9. The summed E-state index contributed by atoms with van der Waals surface area (Å²) in [5.41, 5.74) is 1.59. The fourth-order valence-electron chi connectivity index (χ4n) is 2.80. The number of rotatable bonds is 3. The molecule has 0 unspecified atom stereocenters. The van der Waals surface area contributed by atoms with Gasteiger partial charge in [-0.25, -0.2) is 9.78 Å². The van der Waals surface area contributed by atoms with E-state index in [-0.39, 0.29) is 18.4 Å². The summed E-state index contributed by atoms with van der Waals surface area (Å²) in [6, 6.07) is 7.63. The highest BCUT2D eigenvalue weighted by atomic mass is 16.5. The molecule has 1 N–H and O–H groups in total. The number of aromatic nitrogens is 1. The fraction of sp³-hybridized carbons (Fsp3) is 0.438. The third-order valence-electron chi connectivity index (χ3n) is 4.00. The first-order valence-corrected chi connectivity index (χ1v) is 7.62. The van der Waals surface area contributed by atoms with E-state index in [2.05, 4.69) is 15.0 Å². The first kappa shape index (κ1) is 15.3. The van der Waals surface area contributed by atoms with Crippen molar-refractivity contribution in [2.24, 2.45) is 0 Å². The standard InChI is InChI=1S/C16H19N3O4/c1-22-16(21)17-9-14(20)19-8-4-5-11(10-19)15-18-12-6-2-3-7-13(12)23-15/h2-3,6-7,11H,4-5,8-10H2,1H3,(H,17,21)/t11-/m1/s1. The van der Waals surface area contributed by atoms with E-state index in [9.17, 15) is 9.59 Å². The van der Waals surface area contributed by atoms with Gasteiger partial charge in [-0.3, -0.25) is 4.79 Å². The largest absolute Gasteiger partial charge is 0.453 e. The number of para-hydroxylation sites is 2. The Labute approximate surface area is 133 Å². The number of piperidine rings is 1. The summed E-state index contributed by atoms with van der Waals surface area (Å²) in [5.74, 6) is 0.624. The summed E-state index contributed by atoms with van der Waals surface area (Å²) in [6.07, 6.45) is 1.21. The van der Waals surface area contributed by atoms with Gasteiger partial charge in [-0.15, -0.1) is 0 Å². The summed E-state index contributed by atoms with van der Waals surface area (Å²) in [5, 5.41) is 2.41. The van der Waals surface area contributed by atoms with Crippen LogP contribution in [0.25, 0.3) is 11.1 Å². The van der Waals surface area contributed by atoms with Crippen molar-refractivity contribution in [1.29, 1.82) is 0 Å². The molecule has 1 aliphatic heterocycles. The van der Waals surface area contributed by atoms with Gasteiger partial charge in [0.1, 0.15) is 12.1 Å². The lowest BCUT2D eigenvalue weighted by Gasteiger charge is -2.31. The number of hydrogen-bond acceptors (Lipinski definition) is 5. The lowest BCUT2D eigenvalue weighted by Crippen LogP contribution is -2.44. The third-order valence-corrected chi connectivity index (χ3v) is 4.00. The van der Waals surface area contributed by atoms with Crippen LogP contribution in [0.5, 0.6) is 0 Å². The number of methoxy groups -OCH3 is 1. The molecule has 7 heteroatoms. The van der Waals surface area contributed by atoms with E-state index in [0.29, 0.717) is 19.0 Å². The number of ether oxygens (including phenoxy) is 1. The van der Waals surface area contributed by atoms with E-state index in [4.69, 9.17) is 4.42 Å². The molecule has 0 spiro atoms. The molecule has 7 nitrogen and oxygen atoms in total. The second kappa shape index (κ2) is 6.68. The quantitative estimate of drug-likeness (QED) is 0.934. The molecule has 0 radical (unpaired) electrons. The van der Waals surface area contributed by atoms with E-state index < -0.39 is 6.09 Å². The van der Waals surface area contributed by atoms with Crippen LogP contribution in [0.15, 0.2) is 28.7 Å². The van der Waals surface area contributed by atoms with Crippen LogP contribution in [-0.4, -0.2) is 48.6 Å². The van der Waals surface area contributed by atoms with E-state index >= 15 is 0 Å². The second-order valence-corrected chi connectivity index (χ2v) is 5.54. The summed E-state index contributed by atoms with van der Waals surface area (Å²) >= 11 is 0. The number of carbonyl (C=O) groups excluding carboxylic acids is 2. The maximum atomic E-state index is 12.2. The van der Waals surface area contributed by atoms with Crippen molar-refractivity contribution < 1.29 is 18.7 Å². The molecule has 1 aliphatic rings. The smallest absolute Gasteiger partial charge is 0.407 e. The number of amides is 2. The van der Waals surface area contributed by atoms with Gasteiger partial charge < -0.3 is 19.4 Å². The van der Waals surface area contributed by atoms with Gasteiger partial charge in [0.2, 0.25) is 5.91 Å². The number of fused-ring (bicyclic) bond motifs is 1. The topological polar surface area (TPSA) is 84.7 Å². The Balaban J connectivity index is 1.65. The van der Waals surface area contributed by atoms with E-state index in [1.165, 1.54) is 7.11 Å². The number of hydrogen-bond donors (Lipinski definition) is 1. The van der Waals surface area contributed by atoms with E-state index in [1.54, 1.807) is 4.90 Å². The van der Waals surface area contributed by atoms with Crippen LogP contribution in [0.4, 0.5) is 4.79 Å². The van der Waals surface area contributed by atoms with Crippen molar-refractivity contribution in [1.82, 2.24) is 15.2 Å². The van der Waals surface area contributed by atoms with Gasteiger partial charge in [0, 0.05) is 13.1 Å². The zero-order valence-electron chi connectivity index (χ0n) is 12.9. The van der Waals surface area contributed by atoms with Crippen LogP contribution in [0.1, 0.15) is 24.7 Å². The summed E-state index contributed by atoms with van der Waals surface area (Å²) in [4.78, 5) is 29.5. The Morgan fingerprint density at radius 2 is 2.26 bits per heavy atom. The molecule has 2 amide bonds. The van der Waals surface area contributed by atoms with Gasteiger partial charge in [0.25, 0.3) is 0 Å². The lowest BCUT2D eigenvalue weighted by atomic mass is 9.98. The first-order valence-electron chi connectivity index (χ1n) is 7.62. The zero-order chi connectivity index (χ0) is 16.2. The Morgan fingerprint density at radius 1 is 1.43 bits per heavy atom. The lowest BCUT2D eigenvalue weighted by molar-refractivity contribution is -0.131. The van der Waals surface area contributed by atoms with Crippen LogP contribution in [0, 0.1) is 0 Å². The molecule has 2 heterocycles. The Morgan fingerprint density at radius 3 is 3.04 bits per heavy atom. The molecule has 3 rings (SSSR count). The Kier molecular flexibility index (Phi) is 4.45. The Hall–Kier alpha value is -2.57. The number of nitrogens with zero attached hydrogens (tertiary/aromatic N) is 2. The minimum Gasteiger partial charge on any atom is -0.453 e. The minimum atomic E-state index is -0.606. The highest BCUT2D eigenvalue weighted by Gasteiger charge is 2.28. The van der Waals surface area contributed by atoms with Crippen LogP contribution in [0.2, 0.25) is 0 Å². The highest BCUT2D eigenvalue weighted by Crippen LogP contribution is 2.28. The van der Waals surface area contributed by atoms with Crippen LogP contribution >= 0.6 is 0 Å². The number of likely N-dealkylation sites (tertiary alicyclic amines) is 1. The van der Waals surface area contributed by atoms with Crippen LogP contribution < -0.4 is 5.32 Å². The SMILES string of the molecule is COC(=O)NCC(=O)N1CCC[C@@H](c2nc3ccccc3o2)C1. The molecular formula is C16H19N3O4. The van der Waals surface area contributed by atoms with Crippen molar-refractivity contribution in [3.8, 4) is 0 Å². The molecule has 1 aromatic heterocycles. The maximum Gasteiger partial charge on any atom is 0.407 e. The first-order chi connectivity index (χ1) is 11.2. The van der Waals surface area contributed by atoms with Gasteiger partial charge in [0.05, 0.1) is 13.0 Å². The summed E-state index contributed by atoms with van der Waals surface area (Å²) < 4.78 is 10.3. The minimum absolute atomic E-state index is 0.0625. The predicted octanol–water partition coefficient (Wildman–Crippen LogP) is 1.89. The van der Waals surface area contributed by atoms with Crippen molar-refractivity contribution >= 4 is 23.1 Å². The normalized spacial score (nSPS) is 18.0. The van der Waals surface area contributed by atoms with Crippen molar-refractivity contribution in [2.45, 2.75) is 18.8 Å². The Bertz CT molecular complexity index is 679. The van der Waals surface area contributed by atoms with Gasteiger partial charge in [-0.2, -0.15) is 0 Å². The summed E-state index contributed by atoms with van der Waals surface area (Å²) in [6.45, 7) is 1.17. The fourth-order valence-corrected chi connectivity index (χ4v) is 2.80. The molecule has 0 saturated carbocycles. The third kappa shape index (κ3) is 3.44. The molecule has 1 fully saturated rings. The molecular weight excluding hydrogens is 298 g/mol. The number of carbonyl (C=O) groups is 2. The highest BCUT2D eigenvalue weighted by molar-refractivity contribution is 5.82. The van der Waals surface area contributed by atoms with Gasteiger partial charge in [0.15, 0.2) is 11.5 Å². The average molecular weight is 317 g/mol. The molecule has 0 bridgehead atoms. The molecule has 1 aromatic carbocycles. The van der Waals surface area contributed by atoms with Crippen molar-refractivity contribution in [3.05, 3.63) is 30.2 Å². The van der Waals surface area contributed by atoms with Crippen molar-refractivity contribution in [2.75, 3.05) is 26.7 Å². The second-order valence-electron chi connectivity index (χ2n) is 5.54. The monoisotopic (exact) mass is 317 g/mol. The van der Waals surface area contributed by atoms with Gasteiger partial charge >= 0.3 is 6.09 Å². The number of nitrogens with one attached hydrogen (secondary N) is 1. The molecule has 0 aliphatic carbocycles. The molecule has 2 aromatic rings. The number of oxazole rings is 1. The van der Waals surface area contributed by atoms with Crippen LogP contribution in [-0.2, 0) is 9.53 Å². The van der Waals surface area contributed by atoms with Crippen molar-refractivity contribution in [3.63, 3.8) is 0 Å². The summed E-state index contributed by atoms with van der Waals surface area (Å²) in [7, 11) is 1.27. The molecule has 1 atom stereocenters. The molecule has 1 saturated heterocycles. The van der Waals surface area contributed by atoms with Crippen LogP contribution in [0.3, 0.4) is 0 Å². The maximum absolute atomic E-state index is 12.2.